The van der Waals surface area contributed by atoms with Crippen molar-refractivity contribution in [2.45, 2.75) is 4.90 Å². The van der Waals surface area contributed by atoms with E-state index in [4.69, 9.17) is 15.2 Å². The van der Waals surface area contributed by atoms with Gasteiger partial charge < -0.3 is 15.2 Å². The average molecular weight is 418 g/mol. The van der Waals surface area contributed by atoms with Crippen LogP contribution in [0.1, 0.15) is 10.4 Å². The Morgan fingerprint density at radius 1 is 1.14 bits per heavy atom. The Morgan fingerprint density at radius 3 is 2.31 bits per heavy atom. The Morgan fingerprint density at radius 2 is 1.76 bits per heavy atom. The van der Waals surface area contributed by atoms with Crippen LogP contribution in [0, 0.1) is 10.1 Å². The molecule has 0 bridgehead atoms. The number of nitrogens with zero attached hydrogens (tertiary/aromatic N) is 3. The third-order valence-electron chi connectivity index (χ3n) is 3.78. The van der Waals surface area contributed by atoms with E-state index in [0.29, 0.717) is 9.84 Å². The highest BCUT2D eigenvalue weighted by Gasteiger charge is 2.23. The molecule has 0 unspecified atom stereocenters. The number of nitrogens with two attached hydrogens (primary N) is 1. The zero-order chi connectivity index (χ0) is 21.2. The molecule has 2 N–H and O–H groups in total. The number of non-ortho nitro benzene ring substituents is 1. The van der Waals surface area contributed by atoms with Crippen LogP contribution in [0.4, 0.5) is 11.5 Å². The summed E-state index contributed by atoms with van der Waals surface area (Å²) in [6.45, 7) is 0. The van der Waals surface area contributed by atoms with Crippen molar-refractivity contribution in [3.8, 4) is 11.6 Å². The number of aromatic nitrogens is 2. The van der Waals surface area contributed by atoms with E-state index in [1.54, 1.807) is 0 Å². The molecule has 1 aromatic heterocycles. The molecule has 0 atom stereocenters. The number of anilines is 1. The summed E-state index contributed by atoms with van der Waals surface area (Å²) in [6, 6.07) is 11.3. The normalized spacial score (nSPS) is 11.1. The molecule has 150 valence electrons. The molecule has 0 aliphatic carbocycles. The number of rotatable bonds is 6. The molecule has 0 aliphatic rings. The van der Waals surface area contributed by atoms with Crippen molar-refractivity contribution in [2.24, 2.45) is 0 Å². The van der Waals surface area contributed by atoms with Crippen LogP contribution in [0.2, 0.25) is 0 Å². The van der Waals surface area contributed by atoms with Gasteiger partial charge >= 0.3 is 5.97 Å². The lowest BCUT2D eigenvalue weighted by atomic mass is 10.2. The molecule has 0 spiro atoms. The van der Waals surface area contributed by atoms with E-state index in [9.17, 15) is 23.3 Å². The highest BCUT2D eigenvalue weighted by molar-refractivity contribution is 7.90. The molecule has 1 heterocycles. The van der Waals surface area contributed by atoms with Gasteiger partial charge in [0.05, 0.1) is 22.5 Å². The maximum atomic E-state index is 12.7. The number of esters is 1. The molecular weight excluding hydrogens is 404 g/mol. The van der Waals surface area contributed by atoms with Gasteiger partial charge in [-0.25, -0.2) is 4.79 Å². The number of nitro benzene ring substituents is 1. The quantitative estimate of drug-likeness (QED) is 0.358. The van der Waals surface area contributed by atoms with Crippen molar-refractivity contribution in [3.63, 3.8) is 0 Å². The zero-order valence-electron chi connectivity index (χ0n) is 14.9. The zero-order valence-corrected chi connectivity index (χ0v) is 15.7. The molecule has 3 rings (SSSR count). The van der Waals surface area contributed by atoms with Gasteiger partial charge in [-0.1, -0.05) is 0 Å². The predicted molar refractivity (Wildman–Crippen MR) is 100 cm³/mol. The van der Waals surface area contributed by atoms with Crippen molar-refractivity contribution in [1.29, 1.82) is 0 Å². The molecule has 0 amide bonds. The molecule has 0 radical (unpaired) electrons. The number of methoxy groups -OCH3 is 1. The summed E-state index contributed by atoms with van der Waals surface area (Å²) in [6.07, 6.45) is 0. The Balaban J connectivity index is 1.83. The van der Waals surface area contributed by atoms with Crippen LogP contribution in [0.15, 0.2) is 59.5 Å². The third-order valence-corrected chi connectivity index (χ3v) is 5.39. The van der Waals surface area contributed by atoms with E-state index in [-0.39, 0.29) is 27.8 Å². The topological polar surface area (TPSA) is 157 Å². The Bertz CT molecular complexity index is 1170. The molecule has 0 saturated heterocycles. The van der Waals surface area contributed by atoms with Crippen molar-refractivity contribution < 1.29 is 27.6 Å². The molecule has 3 aromatic rings. The predicted octanol–water partition coefficient (Wildman–Crippen LogP) is 1.84. The summed E-state index contributed by atoms with van der Waals surface area (Å²) >= 11 is 0. The minimum Gasteiger partial charge on any atom is -0.497 e. The molecule has 11 nitrogen and oxygen atoms in total. The molecule has 12 heteroatoms. The molecule has 2 aromatic carbocycles. The largest absolute Gasteiger partial charge is 0.497 e. The summed E-state index contributed by atoms with van der Waals surface area (Å²) in [7, 11) is -2.69. The third kappa shape index (κ3) is 4.01. The number of benzene rings is 2. The van der Waals surface area contributed by atoms with Crippen LogP contribution < -0.4 is 15.2 Å². The first-order chi connectivity index (χ1) is 13.7. The van der Waals surface area contributed by atoms with Gasteiger partial charge in [-0.3, -0.25) is 10.1 Å². The molecule has 0 fully saturated rings. The average Bonchev–Trinajstić information content (AvgIpc) is 3.08. The van der Waals surface area contributed by atoms with Crippen LogP contribution >= 0.6 is 0 Å². The maximum absolute atomic E-state index is 12.7. The molecule has 0 saturated carbocycles. The van der Waals surface area contributed by atoms with Gasteiger partial charge in [-0.2, -0.15) is 8.42 Å². The van der Waals surface area contributed by atoms with E-state index in [2.05, 4.69) is 5.10 Å². The molecular formula is C17H14N4O7S. The van der Waals surface area contributed by atoms with Gasteiger partial charge in [0, 0.05) is 18.2 Å². The lowest BCUT2D eigenvalue weighted by Crippen LogP contribution is -2.17. The van der Waals surface area contributed by atoms with E-state index >= 15 is 0 Å². The van der Waals surface area contributed by atoms with Crippen molar-refractivity contribution in [3.05, 3.63) is 70.3 Å². The SMILES string of the molecule is COc1ccc(S(=O)(=O)n2nc(OC(=O)c3ccc([N+](=O)[O-])cc3)cc2N)cc1. The van der Waals surface area contributed by atoms with Crippen LogP contribution in [-0.2, 0) is 10.0 Å². The van der Waals surface area contributed by atoms with Gasteiger partial charge in [0.15, 0.2) is 0 Å². The van der Waals surface area contributed by atoms with Gasteiger partial charge in [-0.15, -0.1) is 9.19 Å². The number of nitrogen functional groups attached to an aromatic ring is 1. The smallest absolute Gasteiger partial charge is 0.344 e. The van der Waals surface area contributed by atoms with E-state index in [1.807, 2.05) is 0 Å². The second-order valence-corrected chi connectivity index (χ2v) is 7.39. The number of carbonyl (C=O) groups is 1. The second kappa shape index (κ2) is 7.59. The monoisotopic (exact) mass is 418 g/mol. The van der Waals surface area contributed by atoms with Gasteiger partial charge in [0.2, 0.25) is 5.88 Å². The van der Waals surface area contributed by atoms with Crippen molar-refractivity contribution >= 4 is 27.5 Å². The number of nitro groups is 1. The first-order valence-electron chi connectivity index (χ1n) is 7.94. The highest BCUT2D eigenvalue weighted by atomic mass is 32.2. The summed E-state index contributed by atoms with van der Waals surface area (Å²) in [5, 5.41) is 14.4. The van der Waals surface area contributed by atoms with E-state index in [1.165, 1.54) is 43.5 Å². The number of carbonyl (C=O) groups excluding carboxylic acids is 1. The fourth-order valence-corrected chi connectivity index (χ4v) is 3.52. The first-order valence-corrected chi connectivity index (χ1v) is 9.38. The standard InChI is InChI=1S/C17H14N4O7S/c1-27-13-6-8-14(9-7-13)29(25,26)20-15(18)10-16(19-20)28-17(22)11-2-4-12(5-3-11)21(23)24/h2-10H,18H2,1H3. The Labute approximate surface area is 164 Å². The fourth-order valence-electron chi connectivity index (χ4n) is 2.32. The number of hydrogen-bond donors (Lipinski definition) is 1. The number of hydrogen-bond acceptors (Lipinski definition) is 9. The van der Waals surface area contributed by atoms with Crippen LogP contribution in [0.3, 0.4) is 0 Å². The minimum absolute atomic E-state index is 0.0155. The first kappa shape index (κ1) is 19.8. The highest BCUT2D eigenvalue weighted by Crippen LogP contribution is 2.23. The van der Waals surface area contributed by atoms with E-state index < -0.39 is 20.9 Å². The molecule has 29 heavy (non-hydrogen) atoms. The van der Waals surface area contributed by atoms with Gasteiger partial charge in [0.25, 0.3) is 15.7 Å². The van der Waals surface area contributed by atoms with Crippen LogP contribution in [-0.4, -0.2) is 35.6 Å². The molecule has 0 aliphatic heterocycles. The fraction of sp³-hybridized carbons (Fsp3) is 0.0588. The van der Waals surface area contributed by atoms with Crippen molar-refractivity contribution in [1.82, 2.24) is 9.19 Å². The Kier molecular flexibility index (Phi) is 5.19. The minimum atomic E-state index is -4.13. The van der Waals surface area contributed by atoms with Gasteiger partial charge in [-0.05, 0) is 36.4 Å². The summed E-state index contributed by atoms with van der Waals surface area (Å²) in [4.78, 5) is 22.1. The second-order valence-electron chi connectivity index (χ2n) is 5.62. The van der Waals surface area contributed by atoms with E-state index in [0.717, 1.165) is 18.2 Å². The lowest BCUT2D eigenvalue weighted by Gasteiger charge is -2.06. The van der Waals surface area contributed by atoms with Crippen molar-refractivity contribution in [2.75, 3.05) is 12.8 Å². The summed E-state index contributed by atoms with van der Waals surface area (Å²) < 4.78 is 35.9. The maximum Gasteiger partial charge on any atom is 0.344 e. The van der Waals surface area contributed by atoms with Crippen LogP contribution in [0.5, 0.6) is 11.6 Å². The lowest BCUT2D eigenvalue weighted by molar-refractivity contribution is -0.384. The van der Waals surface area contributed by atoms with Gasteiger partial charge in [0.1, 0.15) is 11.6 Å². The van der Waals surface area contributed by atoms with Crippen LogP contribution in [0.25, 0.3) is 0 Å². The summed E-state index contributed by atoms with van der Waals surface area (Å²) in [5.41, 5.74) is 5.54. The summed E-state index contributed by atoms with van der Waals surface area (Å²) in [5.74, 6) is -1.03. The Hall–Kier alpha value is -3.93. The number of ether oxygens (including phenoxy) is 2.